The number of para-hydroxylation sites is 1. The van der Waals surface area contributed by atoms with Gasteiger partial charge < -0.3 is 20.1 Å². The molecule has 0 fully saturated rings. The van der Waals surface area contributed by atoms with Crippen LogP contribution in [0.2, 0.25) is 0 Å². The Hall–Kier alpha value is -4.05. The van der Waals surface area contributed by atoms with Gasteiger partial charge in [0.2, 0.25) is 5.91 Å². The lowest BCUT2D eigenvalue weighted by Gasteiger charge is -2.26. The highest BCUT2D eigenvalue weighted by Crippen LogP contribution is 2.35. The van der Waals surface area contributed by atoms with Crippen molar-refractivity contribution in [3.8, 4) is 11.5 Å². The van der Waals surface area contributed by atoms with Crippen molar-refractivity contribution in [1.29, 1.82) is 0 Å². The van der Waals surface area contributed by atoms with Gasteiger partial charge in [-0.1, -0.05) is 29.8 Å². The second-order valence-electron chi connectivity index (χ2n) is 8.58. The maximum Gasteiger partial charge on any atom is 0.264 e. The normalized spacial score (nSPS) is 11.1. The zero-order valence-electron chi connectivity index (χ0n) is 21.4. The summed E-state index contributed by atoms with van der Waals surface area (Å²) in [5.74, 6) is -0.383. The molecule has 9 nitrogen and oxygen atoms in total. The molecule has 196 valence electrons. The molecule has 2 N–H and O–H groups in total. The summed E-state index contributed by atoms with van der Waals surface area (Å²) in [6.07, 6.45) is 0. The number of sulfonamides is 1. The molecule has 3 aromatic carbocycles. The van der Waals surface area contributed by atoms with Crippen molar-refractivity contribution in [3.63, 3.8) is 0 Å². The molecular formula is C27H31N3O6S. The molecule has 0 saturated carbocycles. The standard InChI is InChI=1S/C27H31N3O6S/c1-18(2)28-27(32)22-8-6-7-9-23(22)29-26(31)17-30(24-16-20(35-4)12-15-25(24)36-5)37(33,34)21-13-10-19(3)11-14-21/h6-16,18H,17H2,1-5H3,(H,28,32)(H,29,31). The van der Waals surface area contributed by atoms with E-state index >= 15 is 0 Å². The van der Waals surface area contributed by atoms with Crippen LogP contribution in [-0.2, 0) is 14.8 Å². The van der Waals surface area contributed by atoms with E-state index in [1.165, 1.54) is 32.4 Å². The van der Waals surface area contributed by atoms with Gasteiger partial charge in [0.15, 0.2) is 0 Å². The van der Waals surface area contributed by atoms with E-state index < -0.39 is 22.5 Å². The molecule has 3 rings (SSSR count). The number of hydrogen-bond donors (Lipinski definition) is 2. The maximum atomic E-state index is 13.8. The summed E-state index contributed by atoms with van der Waals surface area (Å²) >= 11 is 0. The van der Waals surface area contributed by atoms with Gasteiger partial charge in [-0.25, -0.2) is 8.42 Å². The van der Waals surface area contributed by atoms with Gasteiger partial charge in [-0.3, -0.25) is 13.9 Å². The average molecular weight is 526 g/mol. The molecular weight excluding hydrogens is 494 g/mol. The highest BCUT2D eigenvalue weighted by atomic mass is 32.2. The van der Waals surface area contributed by atoms with Crippen molar-refractivity contribution in [2.75, 3.05) is 30.4 Å². The van der Waals surface area contributed by atoms with Gasteiger partial charge in [0.05, 0.1) is 36.1 Å². The lowest BCUT2D eigenvalue weighted by Crippen LogP contribution is -2.39. The van der Waals surface area contributed by atoms with Gasteiger partial charge in [0, 0.05) is 12.1 Å². The summed E-state index contributed by atoms with van der Waals surface area (Å²) < 4.78 is 39.2. The Labute approximate surface area is 217 Å². The maximum absolute atomic E-state index is 13.8. The Bertz CT molecular complexity index is 1370. The minimum atomic E-state index is -4.20. The molecule has 0 spiro atoms. The largest absolute Gasteiger partial charge is 0.497 e. The molecule has 3 aromatic rings. The molecule has 0 aliphatic carbocycles. The zero-order valence-corrected chi connectivity index (χ0v) is 22.3. The van der Waals surface area contributed by atoms with Gasteiger partial charge >= 0.3 is 0 Å². The highest BCUT2D eigenvalue weighted by molar-refractivity contribution is 7.92. The third-order valence-corrected chi connectivity index (χ3v) is 7.19. The SMILES string of the molecule is COc1ccc(OC)c(N(CC(=O)Nc2ccccc2C(=O)NC(C)C)S(=O)(=O)c2ccc(C)cc2)c1. The zero-order chi connectivity index (χ0) is 27.2. The Morgan fingerprint density at radius 2 is 1.62 bits per heavy atom. The van der Waals surface area contributed by atoms with Crippen LogP contribution in [0.3, 0.4) is 0 Å². The molecule has 0 saturated heterocycles. The number of aryl methyl sites for hydroxylation is 1. The first-order valence-electron chi connectivity index (χ1n) is 11.6. The van der Waals surface area contributed by atoms with Gasteiger partial charge in [0.1, 0.15) is 18.0 Å². The molecule has 0 heterocycles. The summed E-state index contributed by atoms with van der Waals surface area (Å²) in [4.78, 5) is 25.9. The van der Waals surface area contributed by atoms with Crippen LogP contribution in [0.25, 0.3) is 0 Å². The van der Waals surface area contributed by atoms with Crippen LogP contribution in [0, 0.1) is 6.92 Å². The number of carbonyl (C=O) groups is 2. The Kier molecular flexibility index (Phi) is 8.77. The molecule has 0 radical (unpaired) electrons. The van der Waals surface area contributed by atoms with Crippen LogP contribution in [0.1, 0.15) is 29.8 Å². The fraction of sp³-hybridized carbons (Fsp3) is 0.259. The fourth-order valence-corrected chi connectivity index (χ4v) is 5.00. The quantitative estimate of drug-likeness (QED) is 0.414. The Balaban J connectivity index is 2.03. The molecule has 0 aromatic heterocycles. The molecule has 10 heteroatoms. The number of rotatable bonds is 10. The Morgan fingerprint density at radius 1 is 0.946 bits per heavy atom. The molecule has 2 amide bonds. The van der Waals surface area contributed by atoms with Crippen LogP contribution in [-0.4, -0.2) is 47.0 Å². The van der Waals surface area contributed by atoms with Crippen LogP contribution in [0.15, 0.2) is 71.6 Å². The van der Waals surface area contributed by atoms with E-state index in [2.05, 4.69) is 10.6 Å². The monoisotopic (exact) mass is 525 g/mol. The summed E-state index contributed by atoms with van der Waals surface area (Å²) in [6.45, 7) is 4.92. The number of anilines is 2. The molecule has 37 heavy (non-hydrogen) atoms. The first-order chi connectivity index (χ1) is 17.6. The van der Waals surface area contributed by atoms with Crippen LogP contribution in [0.4, 0.5) is 11.4 Å². The van der Waals surface area contributed by atoms with E-state index in [0.29, 0.717) is 5.75 Å². The smallest absolute Gasteiger partial charge is 0.264 e. The van der Waals surface area contributed by atoms with E-state index in [-0.39, 0.29) is 39.5 Å². The number of carbonyl (C=O) groups excluding carboxylic acids is 2. The van der Waals surface area contributed by atoms with Gasteiger partial charge in [-0.2, -0.15) is 0 Å². The van der Waals surface area contributed by atoms with Crippen molar-refractivity contribution in [2.45, 2.75) is 31.7 Å². The summed E-state index contributed by atoms with van der Waals surface area (Å²) in [5.41, 5.74) is 1.54. The van der Waals surface area contributed by atoms with E-state index in [1.807, 2.05) is 20.8 Å². The first kappa shape index (κ1) is 27.5. The van der Waals surface area contributed by atoms with Crippen molar-refractivity contribution in [1.82, 2.24) is 5.32 Å². The average Bonchev–Trinajstić information content (AvgIpc) is 2.87. The molecule has 0 aliphatic heterocycles. The number of methoxy groups -OCH3 is 2. The number of hydrogen-bond acceptors (Lipinski definition) is 6. The number of nitrogens with zero attached hydrogens (tertiary/aromatic N) is 1. The first-order valence-corrected chi connectivity index (χ1v) is 13.0. The lowest BCUT2D eigenvalue weighted by atomic mass is 10.1. The summed E-state index contributed by atoms with van der Waals surface area (Å²) in [7, 11) is -1.34. The van der Waals surface area contributed by atoms with Gasteiger partial charge in [-0.15, -0.1) is 0 Å². The predicted molar refractivity (Wildman–Crippen MR) is 143 cm³/mol. The predicted octanol–water partition coefficient (Wildman–Crippen LogP) is 3.98. The molecule has 0 bridgehead atoms. The van der Waals surface area contributed by atoms with Crippen molar-refractivity contribution >= 4 is 33.2 Å². The highest BCUT2D eigenvalue weighted by Gasteiger charge is 2.30. The van der Waals surface area contributed by atoms with E-state index in [0.717, 1.165) is 9.87 Å². The van der Waals surface area contributed by atoms with Crippen molar-refractivity contribution in [2.24, 2.45) is 0 Å². The third kappa shape index (κ3) is 6.59. The summed E-state index contributed by atoms with van der Waals surface area (Å²) in [5, 5.41) is 5.48. The van der Waals surface area contributed by atoms with Gasteiger partial charge in [-0.05, 0) is 57.2 Å². The second kappa shape index (κ2) is 11.8. The number of ether oxygens (including phenoxy) is 2. The number of benzene rings is 3. The molecule has 0 aliphatic rings. The van der Waals surface area contributed by atoms with Crippen molar-refractivity contribution in [3.05, 3.63) is 77.9 Å². The van der Waals surface area contributed by atoms with Crippen molar-refractivity contribution < 1.29 is 27.5 Å². The molecule has 0 unspecified atom stereocenters. The van der Waals surface area contributed by atoms with E-state index in [4.69, 9.17) is 9.47 Å². The number of amides is 2. The number of nitrogens with one attached hydrogen (secondary N) is 2. The van der Waals surface area contributed by atoms with E-state index in [1.54, 1.807) is 48.5 Å². The fourth-order valence-electron chi connectivity index (χ4n) is 3.58. The minimum Gasteiger partial charge on any atom is -0.497 e. The summed E-state index contributed by atoms with van der Waals surface area (Å²) in [6, 6.07) is 17.4. The Morgan fingerprint density at radius 3 is 2.24 bits per heavy atom. The second-order valence-corrected chi connectivity index (χ2v) is 10.4. The van der Waals surface area contributed by atoms with Gasteiger partial charge in [0.25, 0.3) is 15.9 Å². The van der Waals surface area contributed by atoms with Crippen LogP contribution < -0.4 is 24.4 Å². The van der Waals surface area contributed by atoms with Crippen LogP contribution >= 0.6 is 0 Å². The van der Waals surface area contributed by atoms with E-state index in [9.17, 15) is 18.0 Å². The molecule has 0 atom stereocenters. The minimum absolute atomic E-state index is 0.00693. The topological polar surface area (TPSA) is 114 Å². The third-order valence-electron chi connectivity index (χ3n) is 5.42. The van der Waals surface area contributed by atoms with Crippen LogP contribution in [0.5, 0.6) is 11.5 Å². The lowest BCUT2D eigenvalue weighted by molar-refractivity contribution is -0.114.